The zero-order valence-electron chi connectivity index (χ0n) is 13.7. The Bertz CT molecular complexity index is 883. The molecule has 0 aliphatic heterocycles. The van der Waals surface area contributed by atoms with Crippen molar-refractivity contribution in [1.82, 2.24) is 0 Å². The number of halogens is 3. The molecular formula is C20H16BrClFNO2. The minimum atomic E-state index is -0.390. The van der Waals surface area contributed by atoms with Crippen LogP contribution < -0.4 is 10.1 Å². The van der Waals surface area contributed by atoms with Gasteiger partial charge in [0.15, 0.2) is 0 Å². The smallest absolute Gasteiger partial charge is 0.131 e. The van der Waals surface area contributed by atoms with Gasteiger partial charge in [0.25, 0.3) is 0 Å². The number of phenols is 1. The van der Waals surface area contributed by atoms with Crippen LogP contribution in [0.3, 0.4) is 0 Å². The maximum atomic E-state index is 13.9. The quantitative estimate of drug-likeness (QED) is 0.456. The Kier molecular flexibility index (Phi) is 6.01. The number of hydrogen-bond donors (Lipinski definition) is 2. The first-order valence-electron chi connectivity index (χ1n) is 7.90. The number of hydrogen-bond acceptors (Lipinski definition) is 3. The third-order valence-electron chi connectivity index (χ3n) is 3.81. The molecule has 0 saturated carbocycles. The van der Waals surface area contributed by atoms with Gasteiger partial charge in [0.05, 0.1) is 5.02 Å². The van der Waals surface area contributed by atoms with Gasteiger partial charge in [-0.15, -0.1) is 0 Å². The molecule has 0 saturated heterocycles. The Morgan fingerprint density at radius 1 is 1.08 bits per heavy atom. The molecule has 3 nitrogen and oxygen atoms in total. The first-order valence-corrected chi connectivity index (χ1v) is 9.07. The normalized spacial score (nSPS) is 10.6. The highest BCUT2D eigenvalue weighted by atomic mass is 79.9. The standard InChI is InChI=1S/C20H16BrClFNO2/c21-14-4-9-20(26-12-17-18(22)2-1-3-19(17)23)13(10-14)11-24-15-5-7-16(25)8-6-15/h1-10,24-25H,11-12H2. The van der Waals surface area contributed by atoms with Crippen LogP contribution in [0.5, 0.6) is 11.5 Å². The van der Waals surface area contributed by atoms with Crippen LogP contribution in [-0.4, -0.2) is 5.11 Å². The van der Waals surface area contributed by atoms with Gasteiger partial charge in [-0.3, -0.25) is 0 Å². The molecule has 0 aliphatic rings. The molecule has 3 aromatic carbocycles. The molecule has 0 amide bonds. The summed E-state index contributed by atoms with van der Waals surface area (Å²) in [6, 6.07) is 17.0. The highest BCUT2D eigenvalue weighted by Crippen LogP contribution is 2.27. The Labute approximate surface area is 164 Å². The van der Waals surface area contributed by atoms with E-state index in [0.29, 0.717) is 22.9 Å². The molecule has 0 radical (unpaired) electrons. The number of benzene rings is 3. The maximum absolute atomic E-state index is 13.9. The molecule has 134 valence electrons. The summed E-state index contributed by atoms with van der Waals surface area (Å²) in [7, 11) is 0. The maximum Gasteiger partial charge on any atom is 0.131 e. The third-order valence-corrected chi connectivity index (χ3v) is 4.65. The molecule has 0 unspecified atom stereocenters. The average molecular weight is 437 g/mol. The summed E-state index contributed by atoms with van der Waals surface area (Å²) in [4.78, 5) is 0. The summed E-state index contributed by atoms with van der Waals surface area (Å²) in [5.41, 5.74) is 2.10. The van der Waals surface area contributed by atoms with Gasteiger partial charge in [0.2, 0.25) is 0 Å². The van der Waals surface area contributed by atoms with Gasteiger partial charge >= 0.3 is 0 Å². The molecule has 0 heterocycles. The SMILES string of the molecule is Oc1ccc(NCc2cc(Br)ccc2OCc2c(F)cccc2Cl)cc1. The molecule has 26 heavy (non-hydrogen) atoms. The van der Waals surface area contributed by atoms with Crippen molar-refractivity contribution in [2.75, 3.05) is 5.32 Å². The number of anilines is 1. The molecule has 0 bridgehead atoms. The fourth-order valence-corrected chi connectivity index (χ4v) is 3.05. The largest absolute Gasteiger partial charge is 0.508 e. The topological polar surface area (TPSA) is 41.5 Å². The molecule has 6 heteroatoms. The van der Waals surface area contributed by atoms with E-state index >= 15 is 0 Å². The second kappa shape index (κ2) is 8.43. The summed E-state index contributed by atoms with van der Waals surface area (Å²) >= 11 is 9.51. The summed E-state index contributed by atoms with van der Waals surface area (Å²) in [5, 5.41) is 13.0. The number of aromatic hydroxyl groups is 1. The zero-order valence-corrected chi connectivity index (χ0v) is 16.0. The van der Waals surface area contributed by atoms with Crippen molar-refractivity contribution in [3.63, 3.8) is 0 Å². The van der Waals surface area contributed by atoms with Crippen LogP contribution in [0, 0.1) is 5.82 Å². The lowest BCUT2D eigenvalue weighted by atomic mass is 10.2. The zero-order chi connectivity index (χ0) is 18.5. The van der Waals surface area contributed by atoms with Crippen LogP contribution in [-0.2, 0) is 13.2 Å². The minimum absolute atomic E-state index is 0.0410. The van der Waals surface area contributed by atoms with Gasteiger partial charge in [-0.1, -0.05) is 33.6 Å². The number of nitrogens with one attached hydrogen (secondary N) is 1. The van der Waals surface area contributed by atoms with Crippen LogP contribution in [0.25, 0.3) is 0 Å². The summed E-state index contributed by atoms with van der Waals surface area (Å²) in [6.45, 7) is 0.546. The van der Waals surface area contributed by atoms with E-state index < -0.39 is 5.82 Å². The van der Waals surface area contributed by atoms with Crippen LogP contribution in [0.1, 0.15) is 11.1 Å². The van der Waals surface area contributed by atoms with Gasteiger partial charge in [-0.05, 0) is 54.6 Å². The predicted molar refractivity (Wildman–Crippen MR) is 105 cm³/mol. The van der Waals surface area contributed by atoms with Gasteiger partial charge in [-0.25, -0.2) is 4.39 Å². The van der Waals surface area contributed by atoms with Crippen molar-refractivity contribution < 1.29 is 14.2 Å². The first kappa shape index (κ1) is 18.5. The van der Waals surface area contributed by atoms with E-state index in [4.69, 9.17) is 16.3 Å². The Balaban J connectivity index is 1.74. The molecule has 0 fully saturated rings. The Hall–Kier alpha value is -2.24. The average Bonchev–Trinajstić information content (AvgIpc) is 2.62. The Morgan fingerprint density at radius 2 is 1.85 bits per heavy atom. The molecular weight excluding hydrogens is 421 g/mol. The summed E-state index contributed by atoms with van der Waals surface area (Å²) in [6.07, 6.45) is 0. The van der Waals surface area contributed by atoms with Crippen LogP contribution in [0.4, 0.5) is 10.1 Å². The third kappa shape index (κ3) is 4.68. The minimum Gasteiger partial charge on any atom is -0.508 e. The fraction of sp³-hybridized carbons (Fsp3) is 0.100. The molecule has 0 spiro atoms. The lowest BCUT2D eigenvalue weighted by Crippen LogP contribution is -2.05. The van der Waals surface area contributed by atoms with E-state index in [2.05, 4.69) is 21.2 Å². The van der Waals surface area contributed by atoms with Gasteiger partial charge in [0, 0.05) is 27.8 Å². The number of ether oxygens (including phenoxy) is 1. The van der Waals surface area contributed by atoms with E-state index in [1.807, 2.05) is 18.2 Å². The van der Waals surface area contributed by atoms with E-state index in [9.17, 15) is 9.50 Å². The predicted octanol–water partition coefficient (Wildman–Crippen LogP) is 6.14. The van der Waals surface area contributed by atoms with Crippen molar-refractivity contribution in [3.05, 3.63) is 87.1 Å². The van der Waals surface area contributed by atoms with Crippen molar-refractivity contribution in [1.29, 1.82) is 0 Å². The second-order valence-electron chi connectivity index (χ2n) is 5.64. The molecule has 2 N–H and O–H groups in total. The van der Waals surface area contributed by atoms with E-state index in [1.165, 1.54) is 6.07 Å². The monoisotopic (exact) mass is 435 g/mol. The molecule has 3 aromatic rings. The highest BCUT2D eigenvalue weighted by Gasteiger charge is 2.10. The van der Waals surface area contributed by atoms with E-state index in [-0.39, 0.29) is 12.4 Å². The highest BCUT2D eigenvalue weighted by molar-refractivity contribution is 9.10. The lowest BCUT2D eigenvalue weighted by molar-refractivity contribution is 0.297. The fourth-order valence-electron chi connectivity index (χ4n) is 2.42. The summed E-state index contributed by atoms with van der Waals surface area (Å²) < 4.78 is 20.7. The van der Waals surface area contributed by atoms with Crippen molar-refractivity contribution >= 4 is 33.2 Å². The van der Waals surface area contributed by atoms with E-state index in [1.54, 1.807) is 36.4 Å². The first-order chi connectivity index (χ1) is 12.5. The number of phenolic OH excluding ortho intramolecular Hbond substituents is 1. The van der Waals surface area contributed by atoms with Gasteiger partial charge in [0.1, 0.15) is 23.9 Å². The second-order valence-corrected chi connectivity index (χ2v) is 6.96. The van der Waals surface area contributed by atoms with Gasteiger partial charge in [-0.2, -0.15) is 0 Å². The molecule has 0 aliphatic carbocycles. The van der Waals surface area contributed by atoms with Crippen LogP contribution in [0.15, 0.2) is 65.1 Å². The molecule has 0 atom stereocenters. The van der Waals surface area contributed by atoms with Crippen LogP contribution in [0.2, 0.25) is 5.02 Å². The van der Waals surface area contributed by atoms with Crippen LogP contribution >= 0.6 is 27.5 Å². The van der Waals surface area contributed by atoms with Crippen molar-refractivity contribution in [2.24, 2.45) is 0 Å². The van der Waals surface area contributed by atoms with E-state index in [0.717, 1.165) is 15.7 Å². The lowest BCUT2D eigenvalue weighted by Gasteiger charge is -2.14. The summed E-state index contributed by atoms with van der Waals surface area (Å²) in [5.74, 6) is 0.459. The number of rotatable bonds is 6. The van der Waals surface area contributed by atoms with Crippen molar-refractivity contribution in [3.8, 4) is 11.5 Å². The Morgan fingerprint density at radius 3 is 2.58 bits per heavy atom. The van der Waals surface area contributed by atoms with Crippen molar-refractivity contribution in [2.45, 2.75) is 13.2 Å². The van der Waals surface area contributed by atoms with Gasteiger partial charge < -0.3 is 15.2 Å². The molecule has 0 aromatic heterocycles. The molecule has 3 rings (SSSR count).